The van der Waals surface area contributed by atoms with Gasteiger partial charge in [-0.3, -0.25) is 0 Å². The molecule has 0 amide bonds. The molecule has 2 saturated heterocycles. The van der Waals surface area contributed by atoms with Crippen LogP contribution >= 0.6 is 0 Å². The summed E-state index contributed by atoms with van der Waals surface area (Å²) >= 11 is 0. The quantitative estimate of drug-likeness (QED) is 0.0953. The van der Waals surface area contributed by atoms with Crippen molar-refractivity contribution in [3.05, 3.63) is 156 Å². The minimum atomic E-state index is -0.871. The van der Waals surface area contributed by atoms with Gasteiger partial charge in [0.1, 0.15) is 36.6 Å². The van der Waals surface area contributed by atoms with Crippen molar-refractivity contribution >= 4 is 0 Å². The lowest BCUT2D eigenvalue weighted by Gasteiger charge is -2.45. The Morgan fingerprint density at radius 1 is 0.538 bits per heavy atom. The van der Waals surface area contributed by atoms with Crippen LogP contribution in [0.5, 0.6) is 0 Å². The van der Waals surface area contributed by atoms with Crippen LogP contribution in [0.3, 0.4) is 0 Å². The van der Waals surface area contributed by atoms with Crippen molar-refractivity contribution in [3.8, 4) is 0 Å². The van der Waals surface area contributed by atoms with E-state index in [-0.39, 0.29) is 13.2 Å². The average Bonchev–Trinajstić information content (AvgIpc) is 3.51. The lowest BCUT2D eigenvalue weighted by atomic mass is 9.98. The fraction of sp³-hybridized carbons (Fsp3) is 0.395. The van der Waals surface area contributed by atoms with Crippen LogP contribution in [0.25, 0.3) is 0 Å². The first-order chi connectivity index (χ1) is 25.6. The molecule has 0 spiro atoms. The van der Waals surface area contributed by atoms with Crippen molar-refractivity contribution in [1.82, 2.24) is 0 Å². The first kappa shape index (κ1) is 38.0. The third kappa shape index (κ3) is 10.4. The van der Waals surface area contributed by atoms with E-state index >= 15 is 0 Å². The second-order valence-electron chi connectivity index (χ2n) is 13.0. The molecule has 0 aromatic heterocycles. The first-order valence-electron chi connectivity index (χ1n) is 17.9. The van der Waals surface area contributed by atoms with E-state index in [1.165, 1.54) is 0 Å². The highest BCUT2D eigenvalue weighted by atomic mass is 16.8. The van der Waals surface area contributed by atoms with Gasteiger partial charge in [-0.25, -0.2) is 0 Å². The third-order valence-corrected chi connectivity index (χ3v) is 9.17. The summed E-state index contributed by atoms with van der Waals surface area (Å²) in [5.41, 5.74) is 4.13. The summed E-state index contributed by atoms with van der Waals surface area (Å²) in [6.45, 7) is 7.83. The van der Waals surface area contributed by atoms with Crippen LogP contribution in [-0.4, -0.2) is 75.6 Å². The van der Waals surface area contributed by atoms with E-state index in [4.69, 9.17) is 42.6 Å². The molecule has 0 unspecified atom stereocenters. The Hall–Kier alpha value is -3.74. The van der Waals surface area contributed by atoms with Gasteiger partial charge in [0, 0.05) is 7.11 Å². The summed E-state index contributed by atoms with van der Waals surface area (Å²) < 4.78 is 58.4. The second kappa shape index (κ2) is 19.9. The molecule has 2 aliphatic heterocycles. The second-order valence-corrected chi connectivity index (χ2v) is 13.0. The maximum atomic E-state index is 7.02. The molecule has 0 saturated carbocycles. The summed E-state index contributed by atoms with van der Waals surface area (Å²) in [5.74, 6) is 0. The van der Waals surface area contributed by atoms with Crippen molar-refractivity contribution in [2.24, 2.45) is 0 Å². The van der Waals surface area contributed by atoms with Gasteiger partial charge in [-0.15, -0.1) is 6.58 Å². The molecular formula is C43H50O9. The summed E-state index contributed by atoms with van der Waals surface area (Å²) in [4.78, 5) is 0. The van der Waals surface area contributed by atoms with Crippen LogP contribution < -0.4 is 0 Å². The summed E-state index contributed by atoms with van der Waals surface area (Å²) in [6.07, 6.45) is -3.86. The average molecular weight is 711 g/mol. The Labute approximate surface area is 307 Å². The Balaban J connectivity index is 1.28. The molecule has 4 aromatic rings. The molecule has 0 bridgehead atoms. The highest BCUT2D eigenvalue weighted by Gasteiger charge is 2.53. The summed E-state index contributed by atoms with van der Waals surface area (Å²) in [6, 6.07) is 40.0. The van der Waals surface area contributed by atoms with Gasteiger partial charge in [-0.1, -0.05) is 127 Å². The molecule has 0 aliphatic carbocycles. The molecule has 52 heavy (non-hydrogen) atoms. The Bertz CT molecular complexity index is 1580. The van der Waals surface area contributed by atoms with E-state index in [1.54, 1.807) is 13.2 Å². The van der Waals surface area contributed by atoms with Crippen LogP contribution in [0.1, 0.15) is 29.2 Å². The van der Waals surface area contributed by atoms with Gasteiger partial charge in [0.15, 0.2) is 12.6 Å². The predicted molar refractivity (Wildman–Crippen MR) is 196 cm³/mol. The topological polar surface area (TPSA) is 83.1 Å². The van der Waals surface area contributed by atoms with Crippen LogP contribution in [0.4, 0.5) is 0 Å². The first-order valence-corrected chi connectivity index (χ1v) is 17.9. The molecule has 9 nitrogen and oxygen atoms in total. The normalized spacial score (nSPS) is 27.4. The van der Waals surface area contributed by atoms with Crippen molar-refractivity contribution in [3.63, 3.8) is 0 Å². The maximum Gasteiger partial charge on any atom is 0.187 e. The SMILES string of the molecule is C=CCO[C@H]1[C@H](O[C@@H]2[C@@H](OCc3ccccc3)[C@H](C)O[C@@H](OC)[C@@H]2OCc2ccccc2)O[C@H](COCc2ccccc2)[C@H]1OCc1ccccc1. The molecule has 6 rings (SSSR count). The standard InChI is InChI=1S/C43H50O9/c1-4-25-46-40-38(48-28-34-21-13-7-14-22-34)36(30-45-26-32-17-9-5-10-18-32)51-43(40)52-39-37(47-27-33-19-11-6-12-20-33)31(2)50-42(44-3)41(39)49-29-35-23-15-8-16-24-35/h4-24,31,36-43H,1,25-30H2,2-3H3/t31-,36+,37-,38+,39+,40+,41+,42+,43-/m0/s1. The lowest BCUT2D eigenvalue weighted by molar-refractivity contribution is -0.337. The minimum absolute atomic E-state index is 0.259. The number of hydrogen-bond donors (Lipinski definition) is 0. The van der Waals surface area contributed by atoms with Crippen molar-refractivity contribution in [2.75, 3.05) is 20.3 Å². The number of methoxy groups -OCH3 is 1. The zero-order valence-electron chi connectivity index (χ0n) is 29.9. The van der Waals surface area contributed by atoms with Gasteiger partial charge in [0.2, 0.25) is 0 Å². The molecule has 9 heteroatoms. The zero-order valence-corrected chi connectivity index (χ0v) is 29.9. The molecule has 0 radical (unpaired) electrons. The van der Waals surface area contributed by atoms with Crippen molar-refractivity contribution in [1.29, 1.82) is 0 Å². The van der Waals surface area contributed by atoms with Gasteiger partial charge in [-0.2, -0.15) is 0 Å². The van der Waals surface area contributed by atoms with Gasteiger partial charge >= 0.3 is 0 Å². The highest BCUT2D eigenvalue weighted by molar-refractivity contribution is 5.16. The monoisotopic (exact) mass is 710 g/mol. The third-order valence-electron chi connectivity index (χ3n) is 9.17. The fourth-order valence-corrected chi connectivity index (χ4v) is 6.54. The lowest BCUT2D eigenvalue weighted by Crippen LogP contribution is -2.61. The van der Waals surface area contributed by atoms with Crippen molar-refractivity contribution in [2.45, 2.75) is 88.7 Å². The largest absolute Gasteiger partial charge is 0.374 e. The van der Waals surface area contributed by atoms with E-state index in [9.17, 15) is 0 Å². The molecular weight excluding hydrogens is 660 g/mol. The predicted octanol–water partition coefficient (Wildman–Crippen LogP) is 7.03. The molecule has 2 fully saturated rings. The van der Waals surface area contributed by atoms with Gasteiger partial charge in [0.25, 0.3) is 0 Å². The minimum Gasteiger partial charge on any atom is -0.374 e. The Morgan fingerprint density at radius 3 is 1.50 bits per heavy atom. The summed E-state index contributed by atoms with van der Waals surface area (Å²) in [7, 11) is 1.61. The summed E-state index contributed by atoms with van der Waals surface area (Å²) in [5, 5.41) is 0. The zero-order chi connectivity index (χ0) is 36.0. The molecule has 4 aromatic carbocycles. The van der Waals surface area contributed by atoms with Crippen LogP contribution in [0.15, 0.2) is 134 Å². The van der Waals surface area contributed by atoms with E-state index in [0.717, 1.165) is 22.3 Å². The Morgan fingerprint density at radius 2 is 1.00 bits per heavy atom. The smallest absolute Gasteiger partial charge is 0.187 e. The molecule has 276 valence electrons. The number of rotatable bonds is 19. The van der Waals surface area contributed by atoms with Crippen LogP contribution in [-0.2, 0) is 69.1 Å². The van der Waals surface area contributed by atoms with E-state index in [2.05, 4.69) is 6.58 Å². The maximum absolute atomic E-state index is 7.02. The molecule has 2 aliphatic rings. The fourth-order valence-electron chi connectivity index (χ4n) is 6.54. The van der Waals surface area contributed by atoms with Gasteiger partial charge in [0.05, 0.1) is 45.7 Å². The van der Waals surface area contributed by atoms with E-state index in [0.29, 0.717) is 26.4 Å². The van der Waals surface area contributed by atoms with E-state index < -0.39 is 55.3 Å². The molecule has 9 atom stereocenters. The molecule has 2 heterocycles. The number of hydrogen-bond acceptors (Lipinski definition) is 9. The Kier molecular flexibility index (Phi) is 14.6. The van der Waals surface area contributed by atoms with Gasteiger partial charge in [-0.05, 0) is 29.2 Å². The van der Waals surface area contributed by atoms with E-state index in [1.807, 2.05) is 128 Å². The van der Waals surface area contributed by atoms with Crippen LogP contribution in [0.2, 0.25) is 0 Å². The number of ether oxygens (including phenoxy) is 9. The highest BCUT2D eigenvalue weighted by Crippen LogP contribution is 2.35. The number of benzene rings is 4. The van der Waals surface area contributed by atoms with Crippen LogP contribution in [0, 0.1) is 0 Å². The molecule has 0 N–H and O–H groups in total. The van der Waals surface area contributed by atoms with Crippen molar-refractivity contribution < 1.29 is 42.6 Å². The van der Waals surface area contributed by atoms with Gasteiger partial charge < -0.3 is 42.6 Å².